The predicted octanol–water partition coefficient (Wildman–Crippen LogP) is 3.24. The van der Waals surface area contributed by atoms with E-state index in [0.717, 1.165) is 6.07 Å². The van der Waals surface area contributed by atoms with Gasteiger partial charge in [0, 0.05) is 24.7 Å². The summed E-state index contributed by atoms with van der Waals surface area (Å²) in [6.07, 6.45) is -0.369. The maximum atomic E-state index is 13.9. The number of carbonyl (C=O) groups is 1. The fourth-order valence-electron chi connectivity index (χ4n) is 2.40. The molecule has 0 spiro atoms. The summed E-state index contributed by atoms with van der Waals surface area (Å²) in [6, 6.07) is 0.0774. The van der Waals surface area contributed by atoms with E-state index >= 15 is 0 Å². The van der Waals surface area contributed by atoms with Gasteiger partial charge in [-0.25, -0.2) is 18.0 Å². The first-order chi connectivity index (χ1) is 10.1. The molecule has 1 aromatic carbocycles. The minimum Gasteiger partial charge on any atom is -0.444 e. The molecule has 0 aliphatic carbocycles. The molecule has 1 heterocycles. The lowest BCUT2D eigenvalue weighted by molar-refractivity contribution is 0.0234. The third-order valence-electron chi connectivity index (χ3n) is 3.38. The van der Waals surface area contributed by atoms with Crippen molar-refractivity contribution in [3.05, 3.63) is 34.6 Å². The van der Waals surface area contributed by atoms with Crippen LogP contribution in [0.5, 0.6) is 0 Å². The number of halogens is 3. The van der Waals surface area contributed by atoms with Crippen molar-refractivity contribution in [1.82, 2.24) is 4.90 Å². The van der Waals surface area contributed by atoms with Gasteiger partial charge >= 0.3 is 6.09 Å². The van der Waals surface area contributed by atoms with Crippen LogP contribution in [0.2, 0.25) is 0 Å². The molecule has 0 bridgehead atoms. The van der Waals surface area contributed by atoms with E-state index in [9.17, 15) is 18.0 Å². The lowest BCUT2D eigenvalue weighted by atomic mass is 9.99. The summed E-state index contributed by atoms with van der Waals surface area (Å²) in [5, 5.41) is 0. The molecule has 0 fully saturated rings. The lowest BCUT2D eigenvalue weighted by Gasteiger charge is -2.26. The Balaban J connectivity index is 2.35. The van der Waals surface area contributed by atoms with Gasteiger partial charge in [0.05, 0.1) is 0 Å². The molecular formula is C15H19F3N2O2. The van der Waals surface area contributed by atoms with Crippen molar-refractivity contribution in [3.63, 3.8) is 0 Å². The van der Waals surface area contributed by atoms with Crippen LogP contribution in [0.25, 0.3) is 0 Å². The Hall–Kier alpha value is -1.76. The zero-order valence-electron chi connectivity index (χ0n) is 12.8. The minimum atomic E-state index is -1.54. The smallest absolute Gasteiger partial charge is 0.410 e. The number of nitrogens with two attached hydrogens (primary N) is 1. The molecule has 1 aliphatic rings. The van der Waals surface area contributed by atoms with E-state index in [1.165, 1.54) is 4.90 Å². The van der Waals surface area contributed by atoms with Gasteiger partial charge in [-0.1, -0.05) is 0 Å². The molecule has 1 atom stereocenters. The number of amides is 1. The third-order valence-corrected chi connectivity index (χ3v) is 3.38. The highest BCUT2D eigenvalue weighted by Gasteiger charge is 2.30. The monoisotopic (exact) mass is 316 g/mol. The standard InChI is InChI=1S/C15H19F3N2O2/c1-15(2,3)22-14(21)20-5-4-10(19)11-8(7-20)6-9(16)12(17)13(11)18/h6,10H,4-5,7,19H2,1-3H3/t10-/m1/s1. The van der Waals surface area contributed by atoms with E-state index in [1.54, 1.807) is 20.8 Å². The third kappa shape index (κ3) is 3.35. The molecule has 2 rings (SSSR count). The summed E-state index contributed by atoms with van der Waals surface area (Å²) >= 11 is 0. The van der Waals surface area contributed by atoms with Gasteiger partial charge in [-0.2, -0.15) is 0 Å². The summed E-state index contributed by atoms with van der Waals surface area (Å²) in [6.45, 7) is 5.30. The highest BCUT2D eigenvalue weighted by molar-refractivity contribution is 5.68. The number of ether oxygens (including phenoxy) is 1. The van der Waals surface area contributed by atoms with E-state index in [2.05, 4.69) is 0 Å². The van der Waals surface area contributed by atoms with Crippen molar-refractivity contribution in [2.75, 3.05) is 6.54 Å². The van der Waals surface area contributed by atoms with Crippen molar-refractivity contribution >= 4 is 6.09 Å². The molecule has 2 N–H and O–H groups in total. The molecule has 0 saturated heterocycles. The van der Waals surface area contributed by atoms with Crippen molar-refractivity contribution in [2.24, 2.45) is 5.73 Å². The fourth-order valence-corrected chi connectivity index (χ4v) is 2.40. The highest BCUT2D eigenvalue weighted by Crippen LogP contribution is 2.30. The number of hydrogen-bond donors (Lipinski definition) is 1. The minimum absolute atomic E-state index is 0.0773. The van der Waals surface area contributed by atoms with Crippen LogP contribution in [0.4, 0.5) is 18.0 Å². The molecule has 122 valence electrons. The molecule has 1 aromatic rings. The van der Waals surface area contributed by atoms with Gasteiger partial charge in [0.15, 0.2) is 17.5 Å². The molecule has 0 unspecified atom stereocenters. The number of benzene rings is 1. The summed E-state index contributed by atoms with van der Waals surface area (Å²) in [4.78, 5) is 13.4. The van der Waals surface area contributed by atoms with Crippen LogP contribution in [-0.2, 0) is 11.3 Å². The van der Waals surface area contributed by atoms with E-state index in [0.29, 0.717) is 0 Å². The van der Waals surface area contributed by atoms with Crippen LogP contribution < -0.4 is 5.73 Å². The largest absolute Gasteiger partial charge is 0.444 e. The normalized spacial score (nSPS) is 18.7. The first kappa shape index (κ1) is 16.6. The van der Waals surface area contributed by atoms with Crippen LogP contribution >= 0.6 is 0 Å². The second-order valence-electron chi connectivity index (χ2n) is 6.36. The van der Waals surface area contributed by atoms with Crippen molar-refractivity contribution in [3.8, 4) is 0 Å². The average Bonchev–Trinajstić information content (AvgIpc) is 2.53. The van der Waals surface area contributed by atoms with E-state index in [-0.39, 0.29) is 30.6 Å². The summed E-state index contributed by atoms with van der Waals surface area (Å²) < 4.78 is 46.0. The van der Waals surface area contributed by atoms with Gasteiger partial charge in [-0.05, 0) is 38.8 Å². The zero-order valence-corrected chi connectivity index (χ0v) is 12.8. The number of carbonyl (C=O) groups excluding carboxylic acids is 1. The number of fused-ring (bicyclic) bond motifs is 1. The van der Waals surface area contributed by atoms with Gasteiger partial charge in [0.1, 0.15) is 5.60 Å². The first-order valence-electron chi connectivity index (χ1n) is 7.00. The summed E-state index contributed by atoms with van der Waals surface area (Å²) in [7, 11) is 0. The Labute approximate surface area is 127 Å². The molecule has 4 nitrogen and oxygen atoms in total. The van der Waals surface area contributed by atoms with Crippen LogP contribution in [-0.4, -0.2) is 23.1 Å². The summed E-state index contributed by atoms with van der Waals surface area (Å²) in [5.41, 5.74) is 5.24. The molecule has 1 amide bonds. The van der Waals surface area contributed by atoms with E-state index < -0.39 is 35.2 Å². The Bertz CT molecular complexity index is 599. The van der Waals surface area contributed by atoms with E-state index in [1.807, 2.05) is 0 Å². The molecule has 0 saturated carbocycles. The quantitative estimate of drug-likeness (QED) is 0.748. The Kier molecular flexibility index (Phi) is 4.37. The molecule has 0 aromatic heterocycles. The first-order valence-corrected chi connectivity index (χ1v) is 7.00. The average molecular weight is 316 g/mol. The van der Waals surface area contributed by atoms with Crippen molar-refractivity contribution in [2.45, 2.75) is 45.4 Å². The van der Waals surface area contributed by atoms with Gasteiger partial charge in [0.25, 0.3) is 0 Å². The molecular weight excluding hydrogens is 297 g/mol. The molecule has 22 heavy (non-hydrogen) atoms. The number of nitrogens with zero attached hydrogens (tertiary/aromatic N) is 1. The highest BCUT2D eigenvalue weighted by atomic mass is 19.2. The van der Waals surface area contributed by atoms with Gasteiger partial charge in [0.2, 0.25) is 0 Å². The van der Waals surface area contributed by atoms with Crippen LogP contribution in [0, 0.1) is 17.5 Å². The van der Waals surface area contributed by atoms with Gasteiger partial charge < -0.3 is 15.4 Å². The maximum absolute atomic E-state index is 13.9. The Morgan fingerprint density at radius 1 is 1.32 bits per heavy atom. The zero-order chi connectivity index (χ0) is 16.7. The second kappa shape index (κ2) is 5.79. The van der Waals surface area contributed by atoms with Gasteiger partial charge in [-0.15, -0.1) is 0 Å². The van der Waals surface area contributed by atoms with Crippen molar-refractivity contribution < 1.29 is 22.7 Å². The second-order valence-corrected chi connectivity index (χ2v) is 6.36. The van der Waals surface area contributed by atoms with Crippen molar-refractivity contribution in [1.29, 1.82) is 0 Å². The summed E-state index contributed by atoms with van der Waals surface area (Å²) in [5.74, 6) is -4.12. The molecule has 1 aliphatic heterocycles. The number of hydrogen-bond acceptors (Lipinski definition) is 3. The van der Waals surface area contributed by atoms with Crippen LogP contribution in [0.1, 0.15) is 44.4 Å². The van der Waals surface area contributed by atoms with E-state index in [4.69, 9.17) is 10.5 Å². The van der Waals surface area contributed by atoms with Gasteiger partial charge in [-0.3, -0.25) is 0 Å². The Morgan fingerprint density at radius 2 is 1.95 bits per heavy atom. The lowest BCUT2D eigenvalue weighted by Crippen LogP contribution is -2.36. The Morgan fingerprint density at radius 3 is 2.55 bits per heavy atom. The SMILES string of the molecule is CC(C)(C)OC(=O)N1CC[C@@H](N)c2c(cc(F)c(F)c2F)C1. The molecule has 7 heteroatoms. The molecule has 0 radical (unpaired) electrons. The number of rotatable bonds is 0. The predicted molar refractivity (Wildman–Crippen MR) is 74.5 cm³/mol. The topological polar surface area (TPSA) is 55.6 Å². The van der Waals surface area contributed by atoms with Crippen LogP contribution in [0.15, 0.2) is 6.07 Å². The fraction of sp³-hybridized carbons (Fsp3) is 0.533. The van der Waals surface area contributed by atoms with Crippen LogP contribution in [0.3, 0.4) is 0 Å². The maximum Gasteiger partial charge on any atom is 0.410 e.